The van der Waals surface area contributed by atoms with Gasteiger partial charge < -0.3 is 5.11 Å². The number of aliphatic hydroxyl groups is 1. The molecule has 0 heterocycles. The maximum Gasteiger partial charge on any atom is 0.301 e. The molecular weight excluding hydrogens is 172 g/mol. The number of aliphatic hydroxyl groups excluding tert-OH is 1. The number of carbonyl (C=O) groups is 1. The van der Waals surface area contributed by atoms with Crippen LogP contribution in [0.4, 0.5) is 0 Å². The average Bonchev–Trinajstić information content (AvgIpc) is 1.81. The fourth-order valence-electron chi connectivity index (χ4n) is 0.405. The van der Waals surface area contributed by atoms with Crippen molar-refractivity contribution in [1.29, 1.82) is 0 Å². The monoisotopic (exact) mass is 182 g/mol. The van der Waals surface area contributed by atoms with Gasteiger partial charge in [-0.1, -0.05) is 0 Å². The van der Waals surface area contributed by atoms with Crippen molar-refractivity contribution in [2.24, 2.45) is 0 Å². The third-order valence-corrected chi connectivity index (χ3v) is 1.82. The van der Waals surface area contributed by atoms with Crippen LogP contribution in [-0.4, -0.2) is 32.6 Å². The summed E-state index contributed by atoms with van der Waals surface area (Å²) in [5, 5.41) is 8.22. The highest BCUT2D eigenvalue weighted by molar-refractivity contribution is 7.88. The molecule has 0 atom stereocenters. The zero-order valence-corrected chi connectivity index (χ0v) is 6.81. The molecule has 0 bridgehead atoms. The lowest BCUT2D eigenvalue weighted by Crippen LogP contribution is -2.40. The topological polar surface area (TPSA) is 95.5 Å². The highest BCUT2D eigenvalue weighted by Gasteiger charge is 2.08. The molecule has 0 aliphatic carbocycles. The molecule has 0 aromatic carbocycles. The number of hydrogen-bond donors (Lipinski definition) is 3. The van der Waals surface area contributed by atoms with Gasteiger partial charge in [0.25, 0.3) is 0 Å². The van der Waals surface area contributed by atoms with E-state index in [1.54, 1.807) is 4.72 Å². The maximum absolute atomic E-state index is 10.6. The van der Waals surface area contributed by atoms with Crippen LogP contribution in [-0.2, 0) is 15.0 Å². The lowest BCUT2D eigenvalue weighted by atomic mass is 10.8. The van der Waals surface area contributed by atoms with Crippen molar-refractivity contribution in [3.63, 3.8) is 0 Å². The molecule has 3 N–H and O–H groups in total. The zero-order chi connectivity index (χ0) is 8.91. The molecule has 0 aliphatic rings. The summed E-state index contributed by atoms with van der Waals surface area (Å²) in [5.74, 6) is -0.671. The van der Waals surface area contributed by atoms with Crippen molar-refractivity contribution in [2.75, 3.05) is 13.2 Å². The Kier molecular flexibility index (Phi) is 4.01. The molecule has 0 fully saturated rings. The van der Waals surface area contributed by atoms with E-state index in [-0.39, 0.29) is 13.2 Å². The summed E-state index contributed by atoms with van der Waals surface area (Å²) >= 11 is 0. The third-order valence-electron chi connectivity index (χ3n) is 0.682. The van der Waals surface area contributed by atoms with Gasteiger partial charge in [0.05, 0.1) is 6.61 Å². The van der Waals surface area contributed by atoms with Crippen molar-refractivity contribution in [2.45, 2.75) is 6.92 Å². The van der Waals surface area contributed by atoms with Gasteiger partial charge in [0.1, 0.15) is 0 Å². The molecule has 0 aromatic heterocycles. The molecule has 0 radical (unpaired) electrons. The minimum Gasteiger partial charge on any atom is -0.395 e. The molecule has 1 amide bonds. The quantitative estimate of drug-likeness (QED) is 0.466. The van der Waals surface area contributed by atoms with Crippen LogP contribution in [0.25, 0.3) is 0 Å². The van der Waals surface area contributed by atoms with Crippen molar-refractivity contribution in [1.82, 2.24) is 9.44 Å². The van der Waals surface area contributed by atoms with E-state index >= 15 is 0 Å². The number of rotatable bonds is 4. The predicted molar refractivity (Wildman–Crippen MR) is 37.8 cm³/mol. The first-order chi connectivity index (χ1) is 4.98. The summed E-state index contributed by atoms with van der Waals surface area (Å²) in [6, 6.07) is 0. The molecule has 11 heavy (non-hydrogen) atoms. The number of carbonyl (C=O) groups excluding carboxylic acids is 1. The van der Waals surface area contributed by atoms with Gasteiger partial charge in [-0.25, -0.2) is 4.72 Å². The molecule has 0 saturated carbocycles. The van der Waals surface area contributed by atoms with Crippen LogP contribution >= 0.6 is 0 Å². The zero-order valence-electron chi connectivity index (χ0n) is 5.99. The van der Waals surface area contributed by atoms with Crippen LogP contribution in [0.5, 0.6) is 0 Å². The van der Waals surface area contributed by atoms with E-state index in [4.69, 9.17) is 5.11 Å². The molecule has 0 rings (SSSR count). The van der Waals surface area contributed by atoms with Crippen LogP contribution in [0.15, 0.2) is 0 Å². The van der Waals surface area contributed by atoms with Gasteiger partial charge in [-0.2, -0.15) is 13.1 Å². The average molecular weight is 182 g/mol. The smallest absolute Gasteiger partial charge is 0.301 e. The summed E-state index contributed by atoms with van der Waals surface area (Å²) in [5.41, 5.74) is 0. The summed E-state index contributed by atoms with van der Waals surface area (Å²) in [7, 11) is -3.75. The minimum absolute atomic E-state index is 0.109. The van der Waals surface area contributed by atoms with E-state index in [2.05, 4.69) is 0 Å². The van der Waals surface area contributed by atoms with Crippen LogP contribution < -0.4 is 9.44 Å². The lowest BCUT2D eigenvalue weighted by Gasteiger charge is -2.03. The second-order valence-electron chi connectivity index (χ2n) is 1.78. The fraction of sp³-hybridized carbons (Fsp3) is 0.750. The first-order valence-electron chi connectivity index (χ1n) is 2.87. The Hall–Kier alpha value is -0.660. The SMILES string of the molecule is CC(=O)NS(=O)(=O)NCCO. The van der Waals surface area contributed by atoms with E-state index in [1.807, 2.05) is 4.72 Å². The second kappa shape index (κ2) is 4.27. The molecular formula is C4H10N2O4S. The molecule has 7 heteroatoms. The van der Waals surface area contributed by atoms with E-state index in [9.17, 15) is 13.2 Å². The van der Waals surface area contributed by atoms with Crippen molar-refractivity contribution in [3.05, 3.63) is 0 Å². The van der Waals surface area contributed by atoms with Crippen LogP contribution in [0.1, 0.15) is 6.92 Å². The van der Waals surface area contributed by atoms with E-state index < -0.39 is 16.1 Å². The number of amides is 1. The third kappa shape index (κ3) is 5.77. The first kappa shape index (κ1) is 10.3. The Labute approximate surface area is 64.8 Å². The van der Waals surface area contributed by atoms with Gasteiger partial charge in [0, 0.05) is 13.5 Å². The predicted octanol–water partition coefficient (Wildman–Crippen LogP) is -2.05. The molecule has 6 nitrogen and oxygen atoms in total. The van der Waals surface area contributed by atoms with Gasteiger partial charge in [-0.3, -0.25) is 4.79 Å². The number of hydrogen-bond acceptors (Lipinski definition) is 4. The van der Waals surface area contributed by atoms with E-state index in [1.165, 1.54) is 0 Å². The van der Waals surface area contributed by atoms with E-state index in [0.29, 0.717) is 0 Å². The molecule has 0 spiro atoms. The Morgan fingerprint density at radius 1 is 1.55 bits per heavy atom. The summed E-state index contributed by atoms with van der Waals surface area (Å²) in [6.45, 7) is 0.666. The molecule has 0 aromatic rings. The van der Waals surface area contributed by atoms with Crippen molar-refractivity contribution in [3.8, 4) is 0 Å². The van der Waals surface area contributed by atoms with Crippen LogP contribution in [0.2, 0.25) is 0 Å². The minimum atomic E-state index is -3.75. The van der Waals surface area contributed by atoms with Crippen molar-refractivity contribution < 1.29 is 18.3 Å². The van der Waals surface area contributed by atoms with E-state index in [0.717, 1.165) is 6.92 Å². The standard InChI is InChI=1S/C4H10N2O4S/c1-4(8)6-11(9,10)5-2-3-7/h5,7H,2-3H2,1H3,(H,6,8). The Morgan fingerprint density at radius 2 is 2.09 bits per heavy atom. The maximum atomic E-state index is 10.6. The summed E-state index contributed by atoms with van der Waals surface area (Å²) in [6.07, 6.45) is 0. The van der Waals surface area contributed by atoms with Gasteiger partial charge >= 0.3 is 10.2 Å². The molecule has 0 aliphatic heterocycles. The molecule has 66 valence electrons. The number of nitrogens with one attached hydrogen (secondary N) is 2. The Bertz CT molecular complexity index is 222. The normalized spacial score (nSPS) is 11.1. The highest BCUT2D eigenvalue weighted by atomic mass is 32.2. The Morgan fingerprint density at radius 3 is 2.45 bits per heavy atom. The summed E-state index contributed by atoms with van der Waals surface area (Å²) in [4.78, 5) is 10.2. The first-order valence-corrected chi connectivity index (χ1v) is 4.35. The molecule has 0 unspecified atom stereocenters. The summed E-state index contributed by atoms with van der Waals surface area (Å²) < 4.78 is 24.9. The highest BCUT2D eigenvalue weighted by Crippen LogP contribution is 1.74. The van der Waals surface area contributed by atoms with Crippen LogP contribution in [0.3, 0.4) is 0 Å². The lowest BCUT2D eigenvalue weighted by molar-refractivity contribution is -0.117. The van der Waals surface area contributed by atoms with Gasteiger partial charge in [-0.05, 0) is 0 Å². The second-order valence-corrected chi connectivity index (χ2v) is 3.28. The van der Waals surface area contributed by atoms with Gasteiger partial charge in [0.15, 0.2) is 0 Å². The Balaban J connectivity index is 3.92. The van der Waals surface area contributed by atoms with Crippen molar-refractivity contribution >= 4 is 16.1 Å². The van der Waals surface area contributed by atoms with Gasteiger partial charge in [0.2, 0.25) is 5.91 Å². The molecule has 0 saturated heterocycles. The van der Waals surface area contributed by atoms with Crippen LogP contribution in [0, 0.1) is 0 Å². The largest absolute Gasteiger partial charge is 0.395 e. The van der Waals surface area contributed by atoms with Gasteiger partial charge in [-0.15, -0.1) is 0 Å². The fourth-order valence-corrected chi connectivity index (χ4v) is 1.22.